The average molecular weight is 290 g/mol. The molecule has 0 spiro atoms. The van der Waals surface area contributed by atoms with Gasteiger partial charge in [0, 0.05) is 12.8 Å². The van der Waals surface area contributed by atoms with Crippen LogP contribution >= 0.6 is 0 Å². The summed E-state index contributed by atoms with van der Waals surface area (Å²) in [5.74, 6) is 0.556. The maximum Gasteiger partial charge on any atom is 0.132 e. The lowest BCUT2D eigenvalue weighted by Crippen LogP contribution is -2.02. The van der Waals surface area contributed by atoms with E-state index in [1.54, 1.807) is 19.1 Å². The standard InChI is InChI=1S/C18H26O3/c1-14-11-16(13-18(21)12-14)8-4-3-5-9-17(20)10-6-7-15(2)19/h4,8,11-13,15,19,21H,3,5-7,9-10H2,1-2H3/b8-4+. The second-order valence-electron chi connectivity index (χ2n) is 5.68. The van der Waals surface area contributed by atoms with Crippen LogP contribution in [0.1, 0.15) is 56.6 Å². The van der Waals surface area contributed by atoms with Crippen molar-refractivity contribution in [1.29, 1.82) is 0 Å². The minimum absolute atomic E-state index is 0.275. The number of aliphatic hydroxyl groups is 1. The number of unbranched alkanes of at least 4 members (excludes halogenated alkanes) is 1. The maximum absolute atomic E-state index is 11.6. The molecule has 1 rings (SSSR count). The zero-order chi connectivity index (χ0) is 15.7. The number of aromatic hydroxyl groups is 1. The van der Waals surface area contributed by atoms with Crippen LogP contribution < -0.4 is 0 Å². The van der Waals surface area contributed by atoms with E-state index in [-0.39, 0.29) is 17.6 Å². The molecule has 0 aliphatic carbocycles. The molecule has 21 heavy (non-hydrogen) atoms. The number of carbonyl (C=O) groups excluding carboxylic acids is 1. The summed E-state index contributed by atoms with van der Waals surface area (Å²) in [4.78, 5) is 11.6. The van der Waals surface area contributed by atoms with Crippen molar-refractivity contribution in [2.75, 3.05) is 0 Å². The van der Waals surface area contributed by atoms with Crippen LogP contribution in [0.5, 0.6) is 5.75 Å². The number of carbonyl (C=O) groups is 1. The number of ketones is 1. The molecule has 0 heterocycles. The number of benzene rings is 1. The number of Topliss-reactive ketones (excluding diaryl/α,β-unsaturated/α-hetero) is 1. The topological polar surface area (TPSA) is 57.5 Å². The van der Waals surface area contributed by atoms with Crippen molar-refractivity contribution in [3.05, 3.63) is 35.4 Å². The van der Waals surface area contributed by atoms with Gasteiger partial charge in [-0.2, -0.15) is 0 Å². The highest BCUT2D eigenvalue weighted by Crippen LogP contribution is 2.16. The van der Waals surface area contributed by atoms with Gasteiger partial charge in [0.2, 0.25) is 0 Å². The van der Waals surface area contributed by atoms with Crippen LogP contribution in [-0.4, -0.2) is 22.1 Å². The largest absolute Gasteiger partial charge is 0.508 e. The Morgan fingerprint density at radius 1 is 1.24 bits per heavy atom. The zero-order valence-electron chi connectivity index (χ0n) is 13.0. The van der Waals surface area contributed by atoms with E-state index in [0.717, 1.165) is 30.4 Å². The van der Waals surface area contributed by atoms with E-state index < -0.39 is 0 Å². The molecular formula is C18H26O3. The van der Waals surface area contributed by atoms with Crippen molar-refractivity contribution in [3.63, 3.8) is 0 Å². The van der Waals surface area contributed by atoms with Gasteiger partial charge in [-0.3, -0.25) is 4.79 Å². The van der Waals surface area contributed by atoms with Crippen LogP contribution in [0.15, 0.2) is 24.3 Å². The smallest absolute Gasteiger partial charge is 0.132 e. The number of aliphatic hydroxyl groups excluding tert-OH is 1. The van der Waals surface area contributed by atoms with E-state index in [2.05, 4.69) is 0 Å². The van der Waals surface area contributed by atoms with Gasteiger partial charge in [-0.05, 0) is 62.8 Å². The van der Waals surface area contributed by atoms with Crippen molar-refractivity contribution in [2.45, 2.75) is 58.5 Å². The lowest BCUT2D eigenvalue weighted by molar-refractivity contribution is -0.119. The Balaban J connectivity index is 2.21. The highest BCUT2D eigenvalue weighted by Gasteiger charge is 2.02. The van der Waals surface area contributed by atoms with E-state index in [1.165, 1.54) is 0 Å². The van der Waals surface area contributed by atoms with Crippen molar-refractivity contribution in [2.24, 2.45) is 0 Å². The fraction of sp³-hybridized carbons (Fsp3) is 0.500. The van der Waals surface area contributed by atoms with Crippen molar-refractivity contribution in [1.82, 2.24) is 0 Å². The van der Waals surface area contributed by atoms with Crippen LogP contribution in [0.2, 0.25) is 0 Å². The molecular weight excluding hydrogens is 264 g/mol. The lowest BCUT2D eigenvalue weighted by Gasteiger charge is -2.03. The van der Waals surface area contributed by atoms with Crippen molar-refractivity contribution in [3.8, 4) is 5.75 Å². The summed E-state index contributed by atoms with van der Waals surface area (Å²) in [6.45, 7) is 3.70. The van der Waals surface area contributed by atoms with E-state index in [9.17, 15) is 9.90 Å². The van der Waals surface area contributed by atoms with E-state index in [0.29, 0.717) is 19.3 Å². The fourth-order valence-electron chi connectivity index (χ4n) is 2.24. The normalized spacial score (nSPS) is 12.7. The predicted octanol–water partition coefficient (Wildman–Crippen LogP) is 4.00. The molecule has 116 valence electrons. The molecule has 1 aromatic rings. The Bertz CT molecular complexity index is 455. The van der Waals surface area contributed by atoms with Crippen molar-refractivity contribution < 1.29 is 15.0 Å². The Kier molecular flexibility index (Phi) is 7.76. The summed E-state index contributed by atoms with van der Waals surface area (Å²) in [5, 5.41) is 18.6. The molecule has 0 bridgehead atoms. The van der Waals surface area contributed by atoms with E-state index in [1.807, 2.05) is 25.1 Å². The number of rotatable bonds is 9. The first-order valence-electron chi connectivity index (χ1n) is 7.64. The summed E-state index contributed by atoms with van der Waals surface area (Å²) in [5.41, 5.74) is 2.01. The quantitative estimate of drug-likeness (QED) is 0.676. The van der Waals surface area contributed by atoms with Gasteiger partial charge in [0.25, 0.3) is 0 Å². The maximum atomic E-state index is 11.6. The van der Waals surface area contributed by atoms with Crippen LogP contribution in [0.25, 0.3) is 6.08 Å². The van der Waals surface area contributed by atoms with Crippen molar-refractivity contribution >= 4 is 11.9 Å². The molecule has 0 saturated carbocycles. The van der Waals surface area contributed by atoms with Gasteiger partial charge >= 0.3 is 0 Å². The monoisotopic (exact) mass is 290 g/mol. The molecule has 0 saturated heterocycles. The first-order chi connectivity index (χ1) is 9.97. The highest BCUT2D eigenvalue weighted by molar-refractivity contribution is 5.78. The summed E-state index contributed by atoms with van der Waals surface area (Å²) in [7, 11) is 0. The Labute approximate surface area is 127 Å². The van der Waals surface area contributed by atoms with Gasteiger partial charge in [0.05, 0.1) is 6.10 Å². The molecule has 3 nitrogen and oxygen atoms in total. The third-order valence-corrected chi connectivity index (χ3v) is 3.30. The van der Waals surface area contributed by atoms with Gasteiger partial charge in [-0.1, -0.05) is 18.2 Å². The number of hydrogen-bond acceptors (Lipinski definition) is 3. The molecule has 3 heteroatoms. The van der Waals surface area contributed by atoms with Gasteiger partial charge in [-0.25, -0.2) is 0 Å². The van der Waals surface area contributed by atoms with Gasteiger partial charge in [0.1, 0.15) is 11.5 Å². The van der Waals surface area contributed by atoms with Crippen LogP contribution in [-0.2, 0) is 4.79 Å². The lowest BCUT2D eigenvalue weighted by atomic mass is 10.1. The Morgan fingerprint density at radius 2 is 1.95 bits per heavy atom. The first kappa shape index (κ1) is 17.4. The number of allylic oxidation sites excluding steroid dienone is 1. The zero-order valence-corrected chi connectivity index (χ0v) is 13.0. The predicted molar refractivity (Wildman–Crippen MR) is 86.3 cm³/mol. The summed E-state index contributed by atoms with van der Waals surface area (Å²) < 4.78 is 0. The third kappa shape index (κ3) is 8.30. The molecule has 1 atom stereocenters. The molecule has 0 aromatic heterocycles. The Hall–Kier alpha value is -1.61. The van der Waals surface area contributed by atoms with Gasteiger partial charge < -0.3 is 10.2 Å². The van der Waals surface area contributed by atoms with Gasteiger partial charge in [0.15, 0.2) is 0 Å². The minimum Gasteiger partial charge on any atom is -0.508 e. The van der Waals surface area contributed by atoms with E-state index >= 15 is 0 Å². The summed E-state index contributed by atoms with van der Waals surface area (Å²) >= 11 is 0. The Morgan fingerprint density at radius 3 is 2.62 bits per heavy atom. The molecule has 0 amide bonds. The summed E-state index contributed by atoms with van der Waals surface area (Å²) in [6, 6.07) is 5.46. The van der Waals surface area contributed by atoms with Crippen LogP contribution in [0.4, 0.5) is 0 Å². The highest BCUT2D eigenvalue weighted by atomic mass is 16.3. The molecule has 2 N–H and O–H groups in total. The van der Waals surface area contributed by atoms with E-state index in [4.69, 9.17) is 5.11 Å². The first-order valence-corrected chi connectivity index (χ1v) is 7.64. The number of hydrogen-bond donors (Lipinski definition) is 2. The second-order valence-corrected chi connectivity index (χ2v) is 5.68. The SMILES string of the molecule is Cc1cc(O)cc(/C=C/CCCC(=O)CCCC(C)O)c1. The minimum atomic E-state index is -0.313. The third-order valence-electron chi connectivity index (χ3n) is 3.30. The molecule has 1 unspecified atom stereocenters. The van der Waals surface area contributed by atoms with Crippen LogP contribution in [0.3, 0.4) is 0 Å². The fourth-order valence-corrected chi connectivity index (χ4v) is 2.24. The average Bonchev–Trinajstić information content (AvgIpc) is 2.36. The molecule has 0 aliphatic rings. The summed E-state index contributed by atoms with van der Waals surface area (Å²) in [6.07, 6.45) is 8.05. The van der Waals surface area contributed by atoms with Gasteiger partial charge in [-0.15, -0.1) is 0 Å². The number of phenols is 1. The van der Waals surface area contributed by atoms with Crippen LogP contribution in [0, 0.1) is 6.92 Å². The molecule has 0 aliphatic heterocycles. The molecule has 0 radical (unpaired) electrons. The number of phenolic OH excluding ortho intramolecular Hbond substituents is 1. The second kappa shape index (κ2) is 9.35. The molecule has 0 fully saturated rings. The number of aryl methyl sites for hydroxylation is 1. The molecule has 1 aromatic carbocycles.